The number of hydrogen-bond donors (Lipinski definition) is 2. The molecule has 2 aromatic rings. The minimum atomic E-state index is -0.586. The molecule has 0 bridgehead atoms. The smallest absolute Gasteiger partial charge is 0.412 e. The van der Waals surface area contributed by atoms with Crippen LogP contribution in [-0.2, 0) is 4.74 Å². The maximum Gasteiger partial charge on any atom is 0.412 e. The van der Waals surface area contributed by atoms with Gasteiger partial charge in [0.05, 0.1) is 0 Å². The Morgan fingerprint density at radius 1 is 1.00 bits per heavy atom. The van der Waals surface area contributed by atoms with E-state index in [1.807, 2.05) is 0 Å². The van der Waals surface area contributed by atoms with Crippen molar-refractivity contribution in [3.8, 4) is 0 Å². The number of hydrogen-bond acceptors (Lipinski definition) is 3. The number of rotatable bonds is 3. The number of ether oxygens (including phenoxy) is 1. The first-order valence-electron chi connectivity index (χ1n) is 7.81. The van der Waals surface area contributed by atoms with E-state index in [4.69, 9.17) is 4.74 Å². The van der Waals surface area contributed by atoms with Crippen LogP contribution in [-0.4, -0.2) is 17.6 Å². The van der Waals surface area contributed by atoms with E-state index in [-0.39, 0.29) is 11.7 Å². The third kappa shape index (κ3) is 5.60. The topological polar surface area (TPSA) is 67.4 Å². The summed E-state index contributed by atoms with van der Waals surface area (Å²) in [5.74, 6) is -0.674. The molecule has 6 heteroatoms. The van der Waals surface area contributed by atoms with Crippen LogP contribution in [0.3, 0.4) is 0 Å². The number of nitrogens with one attached hydrogen (secondary N) is 2. The highest BCUT2D eigenvalue weighted by Crippen LogP contribution is 2.18. The van der Waals surface area contributed by atoms with Crippen molar-refractivity contribution in [2.24, 2.45) is 0 Å². The molecule has 0 spiro atoms. The van der Waals surface area contributed by atoms with Crippen molar-refractivity contribution < 1.29 is 18.7 Å². The lowest BCUT2D eigenvalue weighted by molar-refractivity contribution is 0.0636. The van der Waals surface area contributed by atoms with Gasteiger partial charge in [0.25, 0.3) is 5.91 Å². The van der Waals surface area contributed by atoms with Crippen LogP contribution in [0.4, 0.5) is 20.6 Å². The largest absolute Gasteiger partial charge is 0.444 e. The molecule has 132 valence electrons. The van der Waals surface area contributed by atoms with Crippen LogP contribution in [0.5, 0.6) is 0 Å². The Hall–Kier alpha value is -2.89. The molecular formula is C19H21FN2O3. The maximum absolute atomic E-state index is 13.1. The molecule has 0 aliphatic heterocycles. The van der Waals surface area contributed by atoms with Crippen molar-refractivity contribution in [1.82, 2.24) is 0 Å². The zero-order valence-electron chi connectivity index (χ0n) is 14.6. The van der Waals surface area contributed by atoms with Crippen LogP contribution in [0.2, 0.25) is 0 Å². The summed E-state index contributed by atoms with van der Waals surface area (Å²) >= 11 is 0. The van der Waals surface area contributed by atoms with Gasteiger partial charge in [-0.2, -0.15) is 0 Å². The van der Waals surface area contributed by atoms with E-state index in [1.54, 1.807) is 52.0 Å². The minimum Gasteiger partial charge on any atom is -0.444 e. The second kappa shape index (κ2) is 7.34. The second-order valence-electron chi connectivity index (χ2n) is 6.62. The normalized spacial score (nSPS) is 10.9. The molecule has 0 fully saturated rings. The SMILES string of the molecule is Cc1cc(F)ccc1NC(=O)c1ccc(NC(=O)OC(C)(C)C)cc1. The van der Waals surface area contributed by atoms with Crippen LogP contribution in [0.15, 0.2) is 42.5 Å². The van der Waals surface area contributed by atoms with Gasteiger partial charge in [0.15, 0.2) is 0 Å². The molecule has 2 amide bonds. The van der Waals surface area contributed by atoms with E-state index in [9.17, 15) is 14.0 Å². The third-order valence-electron chi connectivity index (χ3n) is 3.23. The number of amides is 2. The monoisotopic (exact) mass is 344 g/mol. The van der Waals surface area contributed by atoms with Crippen molar-refractivity contribution in [3.05, 3.63) is 59.4 Å². The average Bonchev–Trinajstić information content (AvgIpc) is 2.48. The quantitative estimate of drug-likeness (QED) is 0.845. The lowest BCUT2D eigenvalue weighted by Gasteiger charge is -2.19. The zero-order chi connectivity index (χ0) is 18.6. The first-order chi connectivity index (χ1) is 11.6. The molecule has 2 rings (SSSR count). The molecule has 0 aromatic heterocycles. The number of carbonyl (C=O) groups is 2. The van der Waals surface area contributed by atoms with Gasteiger partial charge < -0.3 is 10.1 Å². The third-order valence-corrected chi connectivity index (χ3v) is 3.23. The molecule has 2 aromatic carbocycles. The molecule has 0 heterocycles. The fraction of sp³-hybridized carbons (Fsp3) is 0.263. The van der Waals surface area contributed by atoms with E-state index in [0.717, 1.165) is 0 Å². The Balaban J connectivity index is 2.01. The Kier molecular flexibility index (Phi) is 5.41. The van der Waals surface area contributed by atoms with Crippen molar-refractivity contribution in [2.75, 3.05) is 10.6 Å². The second-order valence-corrected chi connectivity index (χ2v) is 6.62. The van der Waals surface area contributed by atoms with Crippen LogP contribution in [0.25, 0.3) is 0 Å². The first-order valence-corrected chi connectivity index (χ1v) is 7.81. The van der Waals surface area contributed by atoms with Gasteiger partial charge in [0.1, 0.15) is 11.4 Å². The molecule has 0 aliphatic carbocycles. The van der Waals surface area contributed by atoms with Crippen molar-refractivity contribution in [2.45, 2.75) is 33.3 Å². The van der Waals surface area contributed by atoms with Crippen LogP contribution in [0.1, 0.15) is 36.7 Å². The summed E-state index contributed by atoms with van der Waals surface area (Å²) in [5, 5.41) is 5.32. The van der Waals surface area contributed by atoms with E-state index < -0.39 is 11.7 Å². The van der Waals surface area contributed by atoms with Crippen LogP contribution in [0, 0.1) is 12.7 Å². The molecule has 0 saturated heterocycles. The predicted molar refractivity (Wildman–Crippen MR) is 95.4 cm³/mol. The Morgan fingerprint density at radius 3 is 2.20 bits per heavy atom. The van der Waals surface area contributed by atoms with E-state index in [0.29, 0.717) is 22.5 Å². The number of carbonyl (C=O) groups excluding carboxylic acids is 2. The molecule has 0 saturated carbocycles. The lowest BCUT2D eigenvalue weighted by Crippen LogP contribution is -2.27. The molecule has 0 aliphatic rings. The summed E-state index contributed by atoms with van der Waals surface area (Å²) in [4.78, 5) is 24.0. The average molecular weight is 344 g/mol. The Morgan fingerprint density at radius 2 is 1.64 bits per heavy atom. The molecule has 0 unspecified atom stereocenters. The van der Waals surface area contributed by atoms with Gasteiger partial charge in [-0.1, -0.05) is 0 Å². The number of anilines is 2. The first kappa shape index (κ1) is 18.4. The molecule has 5 nitrogen and oxygen atoms in total. The van der Waals surface area contributed by atoms with Gasteiger partial charge in [-0.25, -0.2) is 9.18 Å². The van der Waals surface area contributed by atoms with Gasteiger partial charge in [0.2, 0.25) is 0 Å². The Bertz CT molecular complexity index is 780. The number of halogens is 1. The molecule has 0 radical (unpaired) electrons. The van der Waals surface area contributed by atoms with E-state index in [1.165, 1.54) is 18.2 Å². The molecular weight excluding hydrogens is 323 g/mol. The fourth-order valence-corrected chi connectivity index (χ4v) is 2.09. The highest BCUT2D eigenvalue weighted by molar-refractivity contribution is 6.05. The summed E-state index contributed by atoms with van der Waals surface area (Å²) in [5.41, 5.74) is 1.53. The highest BCUT2D eigenvalue weighted by Gasteiger charge is 2.16. The summed E-state index contributed by atoms with van der Waals surface area (Å²) in [6, 6.07) is 10.5. The van der Waals surface area contributed by atoms with Crippen molar-refractivity contribution >= 4 is 23.4 Å². The van der Waals surface area contributed by atoms with Crippen LogP contribution >= 0.6 is 0 Å². The van der Waals surface area contributed by atoms with Crippen molar-refractivity contribution in [3.63, 3.8) is 0 Å². The molecule has 25 heavy (non-hydrogen) atoms. The molecule has 0 atom stereocenters. The van der Waals surface area contributed by atoms with Crippen LogP contribution < -0.4 is 10.6 Å². The van der Waals surface area contributed by atoms with Gasteiger partial charge >= 0.3 is 6.09 Å². The van der Waals surface area contributed by atoms with Gasteiger partial charge in [0, 0.05) is 16.9 Å². The minimum absolute atomic E-state index is 0.321. The summed E-state index contributed by atoms with van der Waals surface area (Å²) in [7, 11) is 0. The maximum atomic E-state index is 13.1. The zero-order valence-corrected chi connectivity index (χ0v) is 14.6. The Labute approximate surface area is 146 Å². The van der Waals surface area contributed by atoms with Gasteiger partial charge in [-0.05, 0) is 75.7 Å². The van der Waals surface area contributed by atoms with E-state index in [2.05, 4.69) is 10.6 Å². The summed E-state index contributed by atoms with van der Waals surface area (Å²) in [6.07, 6.45) is -0.563. The van der Waals surface area contributed by atoms with Crippen molar-refractivity contribution in [1.29, 1.82) is 0 Å². The standard InChI is InChI=1S/C19H21FN2O3/c1-12-11-14(20)7-10-16(12)22-17(23)13-5-8-15(9-6-13)21-18(24)25-19(2,3)4/h5-11H,1-4H3,(H,21,24)(H,22,23). The van der Waals surface area contributed by atoms with E-state index >= 15 is 0 Å². The van der Waals surface area contributed by atoms with Gasteiger partial charge in [-0.3, -0.25) is 10.1 Å². The summed E-state index contributed by atoms with van der Waals surface area (Å²) < 4.78 is 18.3. The number of benzene rings is 2. The lowest BCUT2D eigenvalue weighted by atomic mass is 10.1. The summed E-state index contributed by atoms with van der Waals surface area (Å²) in [6.45, 7) is 7.04. The highest BCUT2D eigenvalue weighted by atomic mass is 19.1. The van der Waals surface area contributed by atoms with Gasteiger partial charge in [-0.15, -0.1) is 0 Å². The predicted octanol–water partition coefficient (Wildman–Crippen LogP) is 4.73. The fourth-order valence-electron chi connectivity index (χ4n) is 2.09. The molecule has 2 N–H and O–H groups in total. The number of aryl methyl sites for hydroxylation is 1.